The van der Waals surface area contributed by atoms with Gasteiger partial charge < -0.3 is 0 Å². The third-order valence-corrected chi connectivity index (χ3v) is 1.51. The Morgan fingerprint density at radius 2 is 1.58 bits per heavy atom. The van der Waals surface area contributed by atoms with Crippen molar-refractivity contribution in [3.63, 3.8) is 0 Å². The van der Waals surface area contributed by atoms with Gasteiger partial charge in [0.05, 0.1) is 0 Å². The highest BCUT2D eigenvalue weighted by Crippen LogP contribution is 2.01. The van der Waals surface area contributed by atoms with Gasteiger partial charge in [-0.2, -0.15) is 10.2 Å². The van der Waals surface area contributed by atoms with Crippen molar-refractivity contribution < 1.29 is 0 Å². The monoisotopic (exact) mass is 161 g/mol. The van der Waals surface area contributed by atoms with Gasteiger partial charge in [-0.05, 0) is 12.1 Å². The van der Waals surface area contributed by atoms with E-state index in [1.54, 1.807) is 24.5 Å². The summed E-state index contributed by atoms with van der Waals surface area (Å²) in [7, 11) is 0. The second-order valence-corrected chi connectivity index (χ2v) is 2.29. The van der Waals surface area contributed by atoms with Crippen molar-refractivity contribution in [2.45, 2.75) is 0 Å². The summed E-state index contributed by atoms with van der Waals surface area (Å²) in [4.78, 5) is 0. The zero-order valence-corrected chi connectivity index (χ0v) is 6.20. The van der Waals surface area contributed by atoms with E-state index in [4.69, 9.17) is 5.41 Å². The van der Waals surface area contributed by atoms with Gasteiger partial charge in [0.2, 0.25) is 0 Å². The Morgan fingerprint density at radius 3 is 1.92 bits per heavy atom. The Kier molecular flexibility index (Phi) is 1.48. The second-order valence-electron chi connectivity index (χ2n) is 2.29. The molecule has 0 radical (unpaired) electrons. The fourth-order valence-corrected chi connectivity index (χ4v) is 0.930. The highest BCUT2D eigenvalue weighted by atomic mass is 15.1. The molecule has 5 heteroatoms. The topological polar surface area (TPSA) is 81.2 Å². The van der Waals surface area contributed by atoms with Crippen molar-refractivity contribution in [3.8, 4) is 0 Å². The minimum atomic E-state index is 0.317. The number of H-pyrrole nitrogens is 2. The normalized spacial score (nSPS) is 10.0. The number of nitrogens with zero attached hydrogens (tertiary/aromatic N) is 2. The molecule has 0 unspecified atom stereocenters. The first-order chi connectivity index (χ1) is 5.88. The van der Waals surface area contributed by atoms with E-state index in [1.807, 2.05) is 0 Å². The highest BCUT2D eigenvalue weighted by molar-refractivity contribution is 6.08. The van der Waals surface area contributed by atoms with Crippen LogP contribution in [0.15, 0.2) is 24.5 Å². The van der Waals surface area contributed by atoms with Gasteiger partial charge in [0.15, 0.2) is 0 Å². The van der Waals surface area contributed by atoms with Crippen molar-refractivity contribution in [1.29, 1.82) is 5.41 Å². The van der Waals surface area contributed by atoms with Crippen molar-refractivity contribution in [1.82, 2.24) is 20.4 Å². The molecule has 2 aromatic rings. The van der Waals surface area contributed by atoms with E-state index >= 15 is 0 Å². The minimum Gasteiger partial charge on any atom is -0.296 e. The molecule has 0 saturated carbocycles. The van der Waals surface area contributed by atoms with Gasteiger partial charge in [0.25, 0.3) is 0 Å². The minimum absolute atomic E-state index is 0.317. The van der Waals surface area contributed by atoms with Gasteiger partial charge in [-0.25, -0.2) is 0 Å². The average Bonchev–Trinajstić information content (AvgIpc) is 2.77. The van der Waals surface area contributed by atoms with Crippen LogP contribution in [-0.2, 0) is 0 Å². The lowest BCUT2D eigenvalue weighted by Gasteiger charge is -1.91. The molecule has 0 spiro atoms. The molecule has 0 aliphatic carbocycles. The van der Waals surface area contributed by atoms with Gasteiger partial charge in [0.1, 0.15) is 17.1 Å². The van der Waals surface area contributed by atoms with E-state index in [-0.39, 0.29) is 0 Å². The molecule has 0 saturated heterocycles. The Labute approximate surface area is 68.3 Å². The molecule has 0 aromatic carbocycles. The van der Waals surface area contributed by atoms with E-state index in [0.29, 0.717) is 17.1 Å². The van der Waals surface area contributed by atoms with Crippen LogP contribution in [0.25, 0.3) is 0 Å². The molecule has 0 fully saturated rings. The lowest BCUT2D eigenvalue weighted by Crippen LogP contribution is -2.02. The third kappa shape index (κ3) is 1.01. The van der Waals surface area contributed by atoms with E-state index in [0.717, 1.165) is 0 Å². The summed E-state index contributed by atoms with van der Waals surface area (Å²) >= 11 is 0. The van der Waals surface area contributed by atoms with Gasteiger partial charge in [0, 0.05) is 12.4 Å². The van der Waals surface area contributed by atoms with Gasteiger partial charge in [-0.3, -0.25) is 15.6 Å². The van der Waals surface area contributed by atoms with Crippen LogP contribution in [0.4, 0.5) is 0 Å². The zero-order valence-electron chi connectivity index (χ0n) is 6.20. The first-order valence-electron chi connectivity index (χ1n) is 3.47. The molecule has 2 aromatic heterocycles. The summed E-state index contributed by atoms with van der Waals surface area (Å²) < 4.78 is 0. The van der Waals surface area contributed by atoms with Crippen molar-refractivity contribution in [2.24, 2.45) is 0 Å². The van der Waals surface area contributed by atoms with E-state index in [1.165, 1.54) is 0 Å². The van der Waals surface area contributed by atoms with Crippen LogP contribution in [0.2, 0.25) is 0 Å². The van der Waals surface area contributed by atoms with Crippen LogP contribution in [-0.4, -0.2) is 26.1 Å². The Hall–Kier alpha value is -1.91. The van der Waals surface area contributed by atoms with Crippen LogP contribution in [0.3, 0.4) is 0 Å². The molecule has 3 N–H and O–H groups in total. The Bertz CT molecular complexity index is 322. The molecular formula is C7H7N5. The van der Waals surface area contributed by atoms with Crippen molar-refractivity contribution in [3.05, 3.63) is 35.9 Å². The molecule has 0 atom stereocenters. The van der Waals surface area contributed by atoms with E-state index in [2.05, 4.69) is 20.4 Å². The van der Waals surface area contributed by atoms with Crippen LogP contribution in [0.1, 0.15) is 11.4 Å². The molecule has 5 nitrogen and oxygen atoms in total. The standard InChI is InChI=1S/C7H7N5/c8-7(5-1-3-9-11-5)6-2-4-10-12-6/h1-4,8H,(H,9,11)(H,10,12). The van der Waals surface area contributed by atoms with Crippen LogP contribution in [0.5, 0.6) is 0 Å². The molecule has 0 aliphatic heterocycles. The quantitative estimate of drug-likeness (QED) is 0.562. The number of hydrogen-bond acceptors (Lipinski definition) is 3. The summed E-state index contributed by atoms with van der Waals surface area (Å²) in [5.41, 5.74) is 1.52. The maximum Gasteiger partial charge on any atom is 0.112 e. The number of hydrogen-bond donors (Lipinski definition) is 3. The van der Waals surface area contributed by atoms with E-state index in [9.17, 15) is 0 Å². The predicted octanol–water partition coefficient (Wildman–Crippen LogP) is 0.549. The fraction of sp³-hybridized carbons (Fsp3) is 0. The summed E-state index contributed by atoms with van der Waals surface area (Å²) in [6.45, 7) is 0. The number of rotatable bonds is 2. The Balaban J connectivity index is 2.34. The average molecular weight is 161 g/mol. The zero-order chi connectivity index (χ0) is 8.39. The lowest BCUT2D eigenvalue weighted by molar-refractivity contribution is 1.06. The van der Waals surface area contributed by atoms with Crippen LogP contribution >= 0.6 is 0 Å². The molecular weight excluding hydrogens is 154 g/mol. The number of aromatic amines is 2. The van der Waals surface area contributed by atoms with Gasteiger partial charge >= 0.3 is 0 Å². The maximum absolute atomic E-state index is 7.64. The number of aromatic nitrogens is 4. The molecule has 2 heterocycles. The fourth-order valence-electron chi connectivity index (χ4n) is 0.930. The first-order valence-corrected chi connectivity index (χ1v) is 3.47. The van der Waals surface area contributed by atoms with E-state index < -0.39 is 0 Å². The van der Waals surface area contributed by atoms with Gasteiger partial charge in [-0.15, -0.1) is 0 Å². The predicted molar refractivity (Wildman–Crippen MR) is 43.1 cm³/mol. The molecule has 12 heavy (non-hydrogen) atoms. The summed E-state index contributed by atoms with van der Waals surface area (Å²) in [6.07, 6.45) is 3.35. The third-order valence-electron chi connectivity index (χ3n) is 1.51. The second kappa shape index (κ2) is 2.61. The molecule has 2 rings (SSSR count). The molecule has 0 bridgehead atoms. The molecule has 0 aliphatic rings. The van der Waals surface area contributed by atoms with Crippen LogP contribution in [0, 0.1) is 5.41 Å². The summed E-state index contributed by atoms with van der Waals surface area (Å²) in [6, 6.07) is 3.47. The first kappa shape index (κ1) is 6.78. The maximum atomic E-state index is 7.64. The summed E-state index contributed by atoms with van der Waals surface area (Å²) in [5.74, 6) is 0. The lowest BCUT2D eigenvalue weighted by atomic mass is 10.2. The molecule has 60 valence electrons. The smallest absolute Gasteiger partial charge is 0.112 e. The summed E-state index contributed by atoms with van der Waals surface area (Å²) in [5, 5.41) is 20.7. The van der Waals surface area contributed by atoms with Crippen LogP contribution < -0.4 is 0 Å². The largest absolute Gasteiger partial charge is 0.296 e. The van der Waals surface area contributed by atoms with Gasteiger partial charge in [-0.1, -0.05) is 0 Å². The van der Waals surface area contributed by atoms with Crippen molar-refractivity contribution >= 4 is 5.71 Å². The Morgan fingerprint density at radius 1 is 1.08 bits per heavy atom. The molecule has 0 amide bonds. The SMILES string of the molecule is N=C(c1cc[nH]n1)c1cc[nH]n1. The van der Waals surface area contributed by atoms with Crippen molar-refractivity contribution in [2.75, 3.05) is 0 Å². The highest BCUT2D eigenvalue weighted by Gasteiger charge is 2.07. The number of nitrogens with one attached hydrogen (secondary N) is 3.